The molecule has 10 nitrogen and oxygen atoms in total. The number of hydrogen-bond acceptors (Lipinski definition) is 7. The number of carbonyl (C=O) groups excluding carboxylic acids is 1. The number of carbonyl (C=O) groups is 1. The second-order valence-electron chi connectivity index (χ2n) is 8.17. The SMILES string of the molecule is CCN(CC)S(=O)(=O)c1ccc(C(=O)N2CCN(Cc3nnnn3-c3cccc(F)c3)CC2)cc1. The Hall–Kier alpha value is -3.22. The standard InChI is InChI=1S/C23H28FN7O3S/c1-3-30(4-2)35(33,34)21-10-8-18(9-11-21)23(32)29-14-12-28(13-15-29)17-22-25-26-27-31(22)20-7-5-6-19(24)16-20/h5-11,16H,3-4,12-15,17H2,1-2H3. The number of piperazine rings is 1. The summed E-state index contributed by atoms with van der Waals surface area (Å²) in [6.45, 7) is 7.09. The van der Waals surface area contributed by atoms with E-state index < -0.39 is 10.0 Å². The molecule has 1 aliphatic rings. The van der Waals surface area contributed by atoms with E-state index in [1.165, 1.54) is 33.3 Å². The zero-order chi connectivity index (χ0) is 25.0. The van der Waals surface area contributed by atoms with Crippen LogP contribution < -0.4 is 0 Å². The van der Waals surface area contributed by atoms with Gasteiger partial charge in [-0.3, -0.25) is 9.69 Å². The number of sulfonamides is 1. The zero-order valence-electron chi connectivity index (χ0n) is 19.7. The highest BCUT2D eigenvalue weighted by atomic mass is 32.2. The maximum Gasteiger partial charge on any atom is 0.253 e. The second kappa shape index (κ2) is 10.6. The monoisotopic (exact) mass is 501 g/mol. The van der Waals surface area contributed by atoms with Crippen molar-refractivity contribution in [2.45, 2.75) is 25.3 Å². The van der Waals surface area contributed by atoms with Crippen LogP contribution in [0.15, 0.2) is 53.4 Å². The van der Waals surface area contributed by atoms with E-state index in [0.717, 1.165) is 0 Å². The van der Waals surface area contributed by atoms with Gasteiger partial charge in [0.2, 0.25) is 10.0 Å². The molecular formula is C23H28FN7O3S. The van der Waals surface area contributed by atoms with Gasteiger partial charge in [0.15, 0.2) is 5.82 Å². The van der Waals surface area contributed by atoms with Gasteiger partial charge >= 0.3 is 0 Å². The van der Waals surface area contributed by atoms with E-state index in [9.17, 15) is 17.6 Å². The molecule has 0 radical (unpaired) electrons. The summed E-state index contributed by atoms with van der Waals surface area (Å²) in [5.74, 6) is 0.0798. The Kier molecular flexibility index (Phi) is 7.53. The molecule has 0 atom stereocenters. The average molecular weight is 502 g/mol. The summed E-state index contributed by atoms with van der Waals surface area (Å²) in [7, 11) is -3.56. The fourth-order valence-corrected chi connectivity index (χ4v) is 5.54. The highest BCUT2D eigenvalue weighted by Gasteiger charge is 2.25. The molecule has 0 bridgehead atoms. The Bertz CT molecular complexity index is 1270. The molecule has 1 fully saturated rings. The number of benzene rings is 2. The molecule has 35 heavy (non-hydrogen) atoms. The molecule has 1 aromatic heterocycles. The van der Waals surface area contributed by atoms with Gasteiger partial charge in [0, 0.05) is 44.8 Å². The van der Waals surface area contributed by atoms with Crippen LogP contribution in [0.1, 0.15) is 30.0 Å². The fraction of sp³-hybridized carbons (Fsp3) is 0.391. The molecule has 0 spiro atoms. The van der Waals surface area contributed by atoms with Crippen LogP contribution in [0, 0.1) is 5.82 Å². The van der Waals surface area contributed by atoms with Gasteiger partial charge in [0.05, 0.1) is 17.1 Å². The molecule has 0 saturated carbocycles. The van der Waals surface area contributed by atoms with E-state index in [-0.39, 0.29) is 16.6 Å². The Morgan fingerprint density at radius 2 is 1.71 bits per heavy atom. The van der Waals surface area contributed by atoms with Crippen molar-refractivity contribution in [1.82, 2.24) is 34.3 Å². The number of rotatable bonds is 8. The lowest BCUT2D eigenvalue weighted by Gasteiger charge is -2.34. The molecule has 3 aromatic rings. The first kappa shape index (κ1) is 24.9. The minimum absolute atomic E-state index is 0.138. The first-order chi connectivity index (χ1) is 16.8. The summed E-state index contributed by atoms with van der Waals surface area (Å²) >= 11 is 0. The number of nitrogens with zero attached hydrogens (tertiary/aromatic N) is 7. The quantitative estimate of drug-likeness (QED) is 0.463. The molecular weight excluding hydrogens is 473 g/mol. The highest BCUT2D eigenvalue weighted by molar-refractivity contribution is 7.89. The van der Waals surface area contributed by atoms with Crippen molar-refractivity contribution in [3.63, 3.8) is 0 Å². The largest absolute Gasteiger partial charge is 0.336 e. The number of hydrogen-bond donors (Lipinski definition) is 0. The molecule has 0 unspecified atom stereocenters. The second-order valence-corrected chi connectivity index (χ2v) is 10.1. The summed E-state index contributed by atoms with van der Waals surface area (Å²) in [4.78, 5) is 17.0. The minimum Gasteiger partial charge on any atom is -0.336 e. The molecule has 0 aliphatic carbocycles. The van der Waals surface area contributed by atoms with Crippen molar-refractivity contribution in [2.75, 3.05) is 39.3 Å². The molecule has 2 aromatic carbocycles. The molecule has 0 N–H and O–H groups in total. The number of tetrazole rings is 1. The Balaban J connectivity index is 1.37. The lowest BCUT2D eigenvalue weighted by Crippen LogP contribution is -2.48. The molecule has 4 rings (SSSR count). The average Bonchev–Trinajstić information content (AvgIpc) is 3.33. The van der Waals surface area contributed by atoms with E-state index in [0.29, 0.717) is 62.9 Å². The normalized spacial score (nSPS) is 15.0. The third kappa shape index (κ3) is 5.39. The smallest absolute Gasteiger partial charge is 0.253 e. The van der Waals surface area contributed by atoms with Crippen LogP contribution in [-0.2, 0) is 16.6 Å². The first-order valence-electron chi connectivity index (χ1n) is 11.5. The maximum atomic E-state index is 13.6. The van der Waals surface area contributed by atoms with Crippen LogP contribution in [0.5, 0.6) is 0 Å². The Labute approximate surface area is 204 Å². The van der Waals surface area contributed by atoms with Crippen LogP contribution in [0.4, 0.5) is 4.39 Å². The third-order valence-corrected chi connectivity index (χ3v) is 8.12. The lowest BCUT2D eigenvalue weighted by molar-refractivity contribution is 0.0624. The minimum atomic E-state index is -3.56. The third-order valence-electron chi connectivity index (χ3n) is 6.06. The van der Waals surface area contributed by atoms with E-state index in [1.807, 2.05) is 0 Å². The maximum absolute atomic E-state index is 13.6. The van der Waals surface area contributed by atoms with Crippen molar-refractivity contribution in [3.05, 3.63) is 65.7 Å². The van der Waals surface area contributed by atoms with Gasteiger partial charge in [-0.2, -0.15) is 8.99 Å². The highest BCUT2D eigenvalue weighted by Crippen LogP contribution is 2.18. The Morgan fingerprint density at radius 1 is 1.03 bits per heavy atom. The van der Waals surface area contributed by atoms with E-state index in [2.05, 4.69) is 20.4 Å². The number of aromatic nitrogens is 4. The topological polar surface area (TPSA) is 105 Å². The number of amides is 1. The molecule has 2 heterocycles. The van der Waals surface area contributed by atoms with Crippen LogP contribution >= 0.6 is 0 Å². The van der Waals surface area contributed by atoms with Gasteiger partial charge in [0.25, 0.3) is 5.91 Å². The summed E-state index contributed by atoms with van der Waals surface area (Å²) in [5.41, 5.74) is 0.997. The van der Waals surface area contributed by atoms with Gasteiger partial charge in [-0.05, 0) is 52.9 Å². The van der Waals surface area contributed by atoms with E-state index in [4.69, 9.17) is 0 Å². The molecule has 1 saturated heterocycles. The van der Waals surface area contributed by atoms with Gasteiger partial charge in [-0.25, -0.2) is 12.8 Å². The van der Waals surface area contributed by atoms with Gasteiger partial charge in [-0.15, -0.1) is 5.10 Å². The predicted molar refractivity (Wildman–Crippen MR) is 127 cm³/mol. The molecule has 1 amide bonds. The zero-order valence-corrected chi connectivity index (χ0v) is 20.5. The van der Waals surface area contributed by atoms with Gasteiger partial charge < -0.3 is 4.90 Å². The van der Waals surface area contributed by atoms with Crippen LogP contribution in [-0.4, -0.2) is 87.9 Å². The predicted octanol–water partition coefficient (Wildman–Crippen LogP) is 1.79. The summed E-state index contributed by atoms with van der Waals surface area (Å²) in [6.07, 6.45) is 0. The van der Waals surface area contributed by atoms with Crippen molar-refractivity contribution < 1.29 is 17.6 Å². The number of halogens is 1. The molecule has 1 aliphatic heterocycles. The van der Waals surface area contributed by atoms with Crippen molar-refractivity contribution >= 4 is 15.9 Å². The summed E-state index contributed by atoms with van der Waals surface area (Å²) in [5, 5.41) is 11.8. The summed E-state index contributed by atoms with van der Waals surface area (Å²) in [6, 6.07) is 12.2. The molecule has 186 valence electrons. The van der Waals surface area contributed by atoms with E-state index in [1.54, 1.807) is 43.0 Å². The van der Waals surface area contributed by atoms with Crippen molar-refractivity contribution in [2.24, 2.45) is 0 Å². The summed E-state index contributed by atoms with van der Waals surface area (Å²) < 4.78 is 41.8. The van der Waals surface area contributed by atoms with Crippen LogP contribution in [0.3, 0.4) is 0 Å². The van der Waals surface area contributed by atoms with Gasteiger partial charge in [-0.1, -0.05) is 19.9 Å². The van der Waals surface area contributed by atoms with Gasteiger partial charge in [0.1, 0.15) is 5.82 Å². The van der Waals surface area contributed by atoms with Crippen molar-refractivity contribution in [1.29, 1.82) is 0 Å². The van der Waals surface area contributed by atoms with Crippen LogP contribution in [0.2, 0.25) is 0 Å². The molecule has 12 heteroatoms. The fourth-order valence-electron chi connectivity index (χ4n) is 4.09. The van der Waals surface area contributed by atoms with Crippen LogP contribution in [0.25, 0.3) is 5.69 Å². The first-order valence-corrected chi connectivity index (χ1v) is 12.9. The Morgan fingerprint density at radius 3 is 2.34 bits per heavy atom. The lowest BCUT2D eigenvalue weighted by atomic mass is 10.2. The van der Waals surface area contributed by atoms with E-state index >= 15 is 0 Å². The van der Waals surface area contributed by atoms with Crippen molar-refractivity contribution in [3.8, 4) is 5.69 Å².